The van der Waals surface area contributed by atoms with Crippen molar-refractivity contribution in [1.82, 2.24) is 4.98 Å². The molecule has 0 saturated carbocycles. The minimum Gasteiger partial charge on any atom is -0.436 e. The van der Waals surface area contributed by atoms with E-state index >= 15 is 0 Å². The lowest BCUT2D eigenvalue weighted by Gasteiger charge is -2.10. The second-order valence-corrected chi connectivity index (χ2v) is 4.37. The first-order chi connectivity index (χ1) is 8.60. The molecule has 94 valence electrons. The number of nitrogens with zero attached hydrogens (tertiary/aromatic N) is 1. The van der Waals surface area contributed by atoms with Crippen molar-refractivity contribution in [3.05, 3.63) is 51.9 Å². The molecular formula is C12H9Cl2FN2O. The van der Waals surface area contributed by atoms with Gasteiger partial charge < -0.3 is 10.5 Å². The number of aromatic nitrogens is 1. The van der Waals surface area contributed by atoms with E-state index in [-0.39, 0.29) is 17.4 Å². The number of benzene rings is 1. The Morgan fingerprint density at radius 2 is 2.00 bits per heavy atom. The van der Waals surface area contributed by atoms with Gasteiger partial charge in [-0.1, -0.05) is 29.3 Å². The predicted octanol–water partition coefficient (Wildman–Crippen LogP) is 3.78. The lowest BCUT2D eigenvalue weighted by Crippen LogP contribution is -2.00. The molecule has 1 heterocycles. The maximum atomic E-state index is 13.5. The van der Waals surface area contributed by atoms with E-state index in [1.807, 2.05) is 0 Å². The van der Waals surface area contributed by atoms with Gasteiger partial charge in [0.25, 0.3) is 5.88 Å². The molecule has 1 aromatic heterocycles. The van der Waals surface area contributed by atoms with Gasteiger partial charge in [-0.2, -0.15) is 0 Å². The smallest absolute Gasteiger partial charge is 0.255 e. The Kier molecular flexibility index (Phi) is 4.01. The van der Waals surface area contributed by atoms with Gasteiger partial charge in [-0.05, 0) is 18.2 Å². The highest BCUT2D eigenvalue weighted by Gasteiger charge is 2.10. The summed E-state index contributed by atoms with van der Waals surface area (Å²) < 4.78 is 18.9. The van der Waals surface area contributed by atoms with Crippen molar-refractivity contribution in [2.45, 2.75) is 6.54 Å². The summed E-state index contributed by atoms with van der Waals surface area (Å²) in [4.78, 5) is 3.77. The van der Waals surface area contributed by atoms with Crippen molar-refractivity contribution in [2.24, 2.45) is 5.73 Å². The summed E-state index contributed by atoms with van der Waals surface area (Å²) in [7, 11) is 0. The number of hydrogen-bond acceptors (Lipinski definition) is 3. The molecule has 0 bridgehead atoms. The largest absolute Gasteiger partial charge is 0.436 e. The quantitative estimate of drug-likeness (QED) is 0.934. The van der Waals surface area contributed by atoms with Gasteiger partial charge >= 0.3 is 0 Å². The Morgan fingerprint density at radius 3 is 2.67 bits per heavy atom. The van der Waals surface area contributed by atoms with Crippen LogP contribution in [0.1, 0.15) is 5.56 Å². The third-order valence-electron chi connectivity index (χ3n) is 2.23. The Bertz CT molecular complexity index is 578. The van der Waals surface area contributed by atoms with Gasteiger partial charge in [-0.3, -0.25) is 0 Å². The Labute approximate surface area is 113 Å². The molecule has 0 spiro atoms. The highest BCUT2D eigenvalue weighted by atomic mass is 35.5. The molecule has 2 rings (SSSR count). The SMILES string of the molecule is NCc1ccc(Cl)cc1Oc1ncc(Cl)cc1F. The normalized spacial score (nSPS) is 10.4. The topological polar surface area (TPSA) is 48.1 Å². The van der Waals surface area contributed by atoms with Crippen molar-refractivity contribution in [3.63, 3.8) is 0 Å². The second-order valence-electron chi connectivity index (χ2n) is 3.50. The van der Waals surface area contributed by atoms with E-state index in [0.717, 1.165) is 6.07 Å². The minimum absolute atomic E-state index is 0.170. The first-order valence-electron chi connectivity index (χ1n) is 5.07. The number of pyridine rings is 1. The van der Waals surface area contributed by atoms with Crippen LogP contribution in [0.5, 0.6) is 11.6 Å². The average Bonchev–Trinajstić information content (AvgIpc) is 2.33. The summed E-state index contributed by atoms with van der Waals surface area (Å²) in [5.74, 6) is -0.444. The van der Waals surface area contributed by atoms with Gasteiger partial charge in [-0.25, -0.2) is 9.37 Å². The van der Waals surface area contributed by atoms with Crippen LogP contribution in [0.3, 0.4) is 0 Å². The third-order valence-corrected chi connectivity index (χ3v) is 2.67. The summed E-state index contributed by atoms with van der Waals surface area (Å²) in [6, 6.07) is 6.07. The summed E-state index contributed by atoms with van der Waals surface area (Å²) in [5, 5.41) is 0.668. The first kappa shape index (κ1) is 13.1. The van der Waals surface area contributed by atoms with Crippen molar-refractivity contribution >= 4 is 23.2 Å². The van der Waals surface area contributed by atoms with Gasteiger partial charge in [-0.15, -0.1) is 0 Å². The molecule has 0 fully saturated rings. The second kappa shape index (κ2) is 5.52. The van der Waals surface area contributed by atoms with Crippen molar-refractivity contribution < 1.29 is 9.13 Å². The number of nitrogens with two attached hydrogens (primary N) is 1. The first-order valence-corrected chi connectivity index (χ1v) is 5.83. The molecule has 0 saturated heterocycles. The molecule has 2 N–H and O–H groups in total. The number of hydrogen-bond donors (Lipinski definition) is 1. The summed E-state index contributed by atoms with van der Waals surface area (Å²) in [5.41, 5.74) is 6.26. The van der Waals surface area contributed by atoms with Crippen molar-refractivity contribution in [2.75, 3.05) is 0 Å². The molecule has 6 heteroatoms. The van der Waals surface area contributed by atoms with E-state index in [4.69, 9.17) is 33.7 Å². The molecule has 0 aliphatic heterocycles. The number of halogens is 3. The van der Waals surface area contributed by atoms with Crippen molar-refractivity contribution in [3.8, 4) is 11.6 Å². The van der Waals surface area contributed by atoms with Crippen LogP contribution in [0.4, 0.5) is 4.39 Å². The maximum Gasteiger partial charge on any atom is 0.255 e. The zero-order valence-corrected chi connectivity index (χ0v) is 10.7. The number of ether oxygens (including phenoxy) is 1. The summed E-state index contributed by atoms with van der Waals surface area (Å²) >= 11 is 11.5. The van der Waals surface area contributed by atoms with Crippen LogP contribution in [-0.2, 0) is 6.54 Å². The van der Waals surface area contributed by atoms with Gasteiger partial charge in [0.2, 0.25) is 0 Å². The van der Waals surface area contributed by atoms with Crippen LogP contribution in [0.25, 0.3) is 0 Å². The Balaban J connectivity index is 2.36. The van der Waals surface area contributed by atoms with E-state index < -0.39 is 5.82 Å². The van der Waals surface area contributed by atoms with Crippen LogP contribution in [0.2, 0.25) is 10.0 Å². The zero-order valence-electron chi connectivity index (χ0n) is 9.16. The molecule has 0 atom stereocenters. The molecule has 0 unspecified atom stereocenters. The molecule has 0 aliphatic carbocycles. The lowest BCUT2D eigenvalue weighted by molar-refractivity contribution is 0.419. The van der Waals surface area contributed by atoms with E-state index in [0.29, 0.717) is 16.3 Å². The molecule has 0 amide bonds. The van der Waals surface area contributed by atoms with Crippen LogP contribution < -0.4 is 10.5 Å². The van der Waals surface area contributed by atoms with E-state index in [2.05, 4.69) is 4.98 Å². The van der Waals surface area contributed by atoms with Crippen LogP contribution in [0, 0.1) is 5.82 Å². The average molecular weight is 287 g/mol. The highest BCUT2D eigenvalue weighted by molar-refractivity contribution is 6.30. The minimum atomic E-state index is -0.648. The maximum absolute atomic E-state index is 13.5. The molecule has 0 aliphatic rings. The molecule has 18 heavy (non-hydrogen) atoms. The van der Waals surface area contributed by atoms with Crippen molar-refractivity contribution in [1.29, 1.82) is 0 Å². The fraction of sp³-hybridized carbons (Fsp3) is 0.0833. The van der Waals surface area contributed by atoms with Gasteiger partial charge in [0.1, 0.15) is 5.75 Å². The van der Waals surface area contributed by atoms with Crippen LogP contribution >= 0.6 is 23.2 Å². The number of rotatable bonds is 3. The fourth-order valence-corrected chi connectivity index (χ4v) is 1.68. The summed E-state index contributed by atoms with van der Waals surface area (Å²) in [6.07, 6.45) is 1.30. The van der Waals surface area contributed by atoms with Crippen LogP contribution in [0.15, 0.2) is 30.5 Å². The van der Waals surface area contributed by atoms with Gasteiger partial charge in [0.15, 0.2) is 5.82 Å². The third kappa shape index (κ3) is 2.90. The monoisotopic (exact) mass is 286 g/mol. The Hall–Kier alpha value is -1.36. The standard InChI is InChI=1S/C12H9Cl2FN2O/c13-8-2-1-7(5-16)11(4-8)18-12-10(15)3-9(14)6-17-12/h1-4,6H,5,16H2. The molecule has 1 aromatic carbocycles. The van der Waals surface area contributed by atoms with E-state index in [1.165, 1.54) is 6.20 Å². The fourth-order valence-electron chi connectivity index (χ4n) is 1.37. The lowest BCUT2D eigenvalue weighted by atomic mass is 10.2. The van der Waals surface area contributed by atoms with Gasteiger partial charge in [0, 0.05) is 23.3 Å². The molecular weight excluding hydrogens is 278 g/mol. The Morgan fingerprint density at radius 1 is 1.22 bits per heavy atom. The predicted molar refractivity (Wildman–Crippen MR) is 68.6 cm³/mol. The highest BCUT2D eigenvalue weighted by Crippen LogP contribution is 2.29. The van der Waals surface area contributed by atoms with Crippen LogP contribution in [-0.4, -0.2) is 4.98 Å². The van der Waals surface area contributed by atoms with E-state index in [9.17, 15) is 4.39 Å². The summed E-state index contributed by atoms with van der Waals surface area (Å²) in [6.45, 7) is 0.252. The van der Waals surface area contributed by atoms with E-state index in [1.54, 1.807) is 18.2 Å². The molecule has 0 radical (unpaired) electrons. The molecule has 3 nitrogen and oxygen atoms in total. The zero-order chi connectivity index (χ0) is 13.1. The van der Waals surface area contributed by atoms with Gasteiger partial charge in [0.05, 0.1) is 5.02 Å². The molecule has 2 aromatic rings.